The summed E-state index contributed by atoms with van der Waals surface area (Å²) in [6.07, 6.45) is 2.52. The van der Waals surface area contributed by atoms with E-state index < -0.39 is 11.6 Å². The molecule has 2 heterocycles. The normalized spacial score (nSPS) is 17.5. The zero-order chi connectivity index (χ0) is 19.9. The van der Waals surface area contributed by atoms with Gasteiger partial charge in [-0.15, -0.1) is 10.2 Å². The maximum absolute atomic E-state index is 12.7. The Morgan fingerprint density at radius 2 is 2.11 bits per heavy atom. The molecule has 7 nitrogen and oxygen atoms in total. The third-order valence-electron chi connectivity index (χ3n) is 5.15. The van der Waals surface area contributed by atoms with Crippen LogP contribution in [0.2, 0.25) is 5.15 Å². The minimum atomic E-state index is -0.550. The lowest BCUT2D eigenvalue weighted by atomic mass is 10.1. The van der Waals surface area contributed by atoms with Gasteiger partial charge in [-0.2, -0.15) is 0 Å². The lowest BCUT2D eigenvalue weighted by Crippen LogP contribution is -2.45. The number of halogens is 1. The highest BCUT2D eigenvalue weighted by Gasteiger charge is 2.38. The maximum Gasteiger partial charge on any atom is 0.417 e. The molecule has 148 valence electrons. The van der Waals surface area contributed by atoms with Gasteiger partial charge in [0, 0.05) is 6.07 Å². The van der Waals surface area contributed by atoms with Crippen LogP contribution in [0.3, 0.4) is 0 Å². The molecule has 28 heavy (non-hydrogen) atoms. The van der Waals surface area contributed by atoms with Gasteiger partial charge in [0.1, 0.15) is 12.5 Å². The molecule has 1 aromatic carbocycles. The fourth-order valence-electron chi connectivity index (χ4n) is 3.56. The third-order valence-corrected chi connectivity index (χ3v) is 5.33. The summed E-state index contributed by atoms with van der Waals surface area (Å²) in [6, 6.07) is 5.59. The predicted molar refractivity (Wildman–Crippen MR) is 103 cm³/mol. The minimum absolute atomic E-state index is 0.110. The number of fused-ring (bicyclic) bond motifs is 1. The van der Waals surface area contributed by atoms with Gasteiger partial charge in [0.25, 0.3) is 5.88 Å². The van der Waals surface area contributed by atoms with Crippen molar-refractivity contribution in [3.63, 3.8) is 0 Å². The molecule has 1 saturated heterocycles. The van der Waals surface area contributed by atoms with E-state index >= 15 is 0 Å². The van der Waals surface area contributed by atoms with Gasteiger partial charge in [-0.3, -0.25) is 4.90 Å². The molecule has 1 aliphatic carbocycles. The second-order valence-electron chi connectivity index (χ2n) is 7.73. The number of amides is 1. The fourth-order valence-corrected chi connectivity index (χ4v) is 3.70. The SMILES string of the molecule is Cc1ccc2c(c1Oc1nnc(Cl)cc1OC(=O)N1COCC1(C)C)CCC2. The number of carbonyl (C=O) groups excluding carboxylic acids is 1. The minimum Gasteiger partial charge on any atom is -0.434 e. The van der Waals surface area contributed by atoms with Gasteiger partial charge in [-0.05, 0) is 56.7 Å². The molecule has 2 aliphatic rings. The van der Waals surface area contributed by atoms with Crippen LogP contribution in [0.25, 0.3) is 0 Å². The monoisotopic (exact) mass is 403 g/mol. The molecule has 0 spiro atoms. The highest BCUT2D eigenvalue weighted by molar-refractivity contribution is 6.29. The van der Waals surface area contributed by atoms with Crippen molar-refractivity contribution in [2.45, 2.75) is 45.6 Å². The first-order valence-electron chi connectivity index (χ1n) is 9.25. The summed E-state index contributed by atoms with van der Waals surface area (Å²) in [4.78, 5) is 14.2. The molecule has 1 fully saturated rings. The largest absolute Gasteiger partial charge is 0.434 e. The van der Waals surface area contributed by atoms with Gasteiger partial charge < -0.3 is 14.2 Å². The molecule has 0 atom stereocenters. The summed E-state index contributed by atoms with van der Waals surface area (Å²) in [5.41, 5.74) is 2.98. The Bertz CT molecular complexity index is 932. The topological polar surface area (TPSA) is 73.8 Å². The first-order valence-corrected chi connectivity index (χ1v) is 9.62. The molecular formula is C20H22ClN3O4. The van der Waals surface area contributed by atoms with E-state index in [0.29, 0.717) is 6.61 Å². The van der Waals surface area contributed by atoms with Crippen LogP contribution in [0.5, 0.6) is 17.4 Å². The maximum atomic E-state index is 12.7. The van der Waals surface area contributed by atoms with Gasteiger partial charge in [0.15, 0.2) is 10.9 Å². The van der Waals surface area contributed by atoms with Crippen LogP contribution < -0.4 is 9.47 Å². The van der Waals surface area contributed by atoms with Crippen LogP contribution in [0.1, 0.15) is 37.0 Å². The molecule has 4 rings (SSSR count). The Morgan fingerprint density at radius 1 is 1.29 bits per heavy atom. The van der Waals surface area contributed by atoms with Crippen molar-refractivity contribution in [3.05, 3.63) is 40.0 Å². The summed E-state index contributed by atoms with van der Waals surface area (Å²) in [5, 5.41) is 7.99. The van der Waals surface area contributed by atoms with Crippen molar-refractivity contribution in [1.82, 2.24) is 15.1 Å². The number of ether oxygens (including phenoxy) is 3. The number of aromatic nitrogens is 2. The highest BCUT2D eigenvalue weighted by Crippen LogP contribution is 2.39. The number of carbonyl (C=O) groups is 1. The van der Waals surface area contributed by atoms with Crippen molar-refractivity contribution < 1.29 is 19.0 Å². The summed E-state index contributed by atoms with van der Waals surface area (Å²) < 4.78 is 17.1. The van der Waals surface area contributed by atoms with Crippen LogP contribution in [-0.2, 0) is 17.6 Å². The number of hydrogen-bond acceptors (Lipinski definition) is 6. The molecule has 0 bridgehead atoms. The summed E-state index contributed by atoms with van der Waals surface area (Å²) in [7, 11) is 0. The van der Waals surface area contributed by atoms with Gasteiger partial charge in [0.2, 0.25) is 0 Å². The van der Waals surface area contributed by atoms with E-state index in [4.69, 9.17) is 25.8 Å². The summed E-state index contributed by atoms with van der Waals surface area (Å²) in [5.74, 6) is 0.982. The number of nitrogens with zero attached hydrogens (tertiary/aromatic N) is 3. The van der Waals surface area contributed by atoms with Crippen molar-refractivity contribution >= 4 is 17.7 Å². The van der Waals surface area contributed by atoms with Crippen LogP contribution in [0.4, 0.5) is 4.79 Å². The fraction of sp³-hybridized carbons (Fsp3) is 0.450. The Kier molecular flexibility index (Phi) is 4.89. The molecule has 0 radical (unpaired) electrons. The first kappa shape index (κ1) is 19.0. The lowest BCUT2D eigenvalue weighted by molar-refractivity contribution is 0.107. The standard InChI is InChI=1S/C20H22ClN3O4/c1-12-7-8-13-5-4-6-14(13)17(12)28-18-15(9-16(21)22-23-18)27-19(25)24-11-26-10-20(24,2)3/h7-9H,4-6,10-11H2,1-3H3. The van der Waals surface area contributed by atoms with Crippen molar-refractivity contribution in [2.24, 2.45) is 0 Å². The van der Waals surface area contributed by atoms with E-state index in [1.807, 2.05) is 26.8 Å². The zero-order valence-corrected chi connectivity index (χ0v) is 16.9. The van der Waals surface area contributed by atoms with E-state index in [0.717, 1.165) is 30.6 Å². The van der Waals surface area contributed by atoms with Crippen LogP contribution in [-0.4, -0.2) is 40.1 Å². The van der Waals surface area contributed by atoms with Crippen molar-refractivity contribution in [3.8, 4) is 17.4 Å². The Morgan fingerprint density at radius 3 is 2.86 bits per heavy atom. The second kappa shape index (κ2) is 7.22. The van der Waals surface area contributed by atoms with E-state index in [2.05, 4.69) is 16.3 Å². The molecule has 2 aromatic rings. The molecule has 0 N–H and O–H groups in total. The van der Waals surface area contributed by atoms with E-state index in [1.54, 1.807) is 0 Å². The van der Waals surface area contributed by atoms with Gasteiger partial charge in [-0.1, -0.05) is 23.7 Å². The van der Waals surface area contributed by atoms with E-state index in [9.17, 15) is 4.79 Å². The molecule has 1 aromatic heterocycles. The van der Waals surface area contributed by atoms with Crippen LogP contribution in [0, 0.1) is 6.92 Å². The second-order valence-corrected chi connectivity index (χ2v) is 8.11. The Hall–Kier alpha value is -2.38. The highest BCUT2D eigenvalue weighted by atomic mass is 35.5. The summed E-state index contributed by atoms with van der Waals surface area (Å²) >= 11 is 5.99. The molecule has 1 aliphatic heterocycles. The summed E-state index contributed by atoms with van der Waals surface area (Å²) in [6.45, 7) is 6.41. The molecule has 1 amide bonds. The predicted octanol–water partition coefficient (Wildman–Crippen LogP) is 4.29. The molecule has 0 saturated carbocycles. The van der Waals surface area contributed by atoms with Crippen LogP contribution >= 0.6 is 11.6 Å². The van der Waals surface area contributed by atoms with Gasteiger partial charge >= 0.3 is 6.09 Å². The van der Waals surface area contributed by atoms with Gasteiger partial charge in [-0.25, -0.2) is 4.79 Å². The molecule has 8 heteroatoms. The number of hydrogen-bond donors (Lipinski definition) is 0. The number of rotatable bonds is 3. The molecular weight excluding hydrogens is 382 g/mol. The third kappa shape index (κ3) is 3.52. The number of aryl methyl sites for hydroxylation is 2. The Balaban J connectivity index is 1.63. The smallest absolute Gasteiger partial charge is 0.417 e. The van der Waals surface area contributed by atoms with E-state index in [1.165, 1.54) is 22.1 Å². The number of benzene rings is 1. The Labute approximate surface area is 168 Å². The lowest BCUT2D eigenvalue weighted by Gasteiger charge is -2.28. The van der Waals surface area contributed by atoms with E-state index in [-0.39, 0.29) is 23.5 Å². The average Bonchev–Trinajstić information content (AvgIpc) is 3.25. The van der Waals surface area contributed by atoms with Crippen LogP contribution in [0.15, 0.2) is 18.2 Å². The first-order chi connectivity index (χ1) is 13.3. The van der Waals surface area contributed by atoms with Crippen molar-refractivity contribution in [1.29, 1.82) is 0 Å². The zero-order valence-electron chi connectivity index (χ0n) is 16.1. The van der Waals surface area contributed by atoms with Crippen molar-refractivity contribution in [2.75, 3.05) is 13.3 Å². The quantitative estimate of drug-likeness (QED) is 0.761. The average molecular weight is 404 g/mol. The van der Waals surface area contributed by atoms with Gasteiger partial charge in [0.05, 0.1) is 12.1 Å². The molecule has 0 unspecified atom stereocenters.